The van der Waals surface area contributed by atoms with Crippen molar-refractivity contribution in [2.45, 2.75) is 266 Å². The van der Waals surface area contributed by atoms with Gasteiger partial charge in [-0.25, -0.2) is 0 Å². The number of fused-ring (bicyclic) bond motifs is 10. The third kappa shape index (κ3) is 20.3. The van der Waals surface area contributed by atoms with E-state index < -0.39 is 0 Å². The number of hydrogen-bond acceptors (Lipinski definition) is 7. The lowest BCUT2D eigenvalue weighted by atomic mass is 9.79. The molecule has 11 aromatic rings. The molecule has 0 unspecified atom stereocenters. The molecule has 8 heteroatoms. The number of benzene rings is 11. The summed E-state index contributed by atoms with van der Waals surface area (Å²) in [5, 5.41) is 0. The van der Waals surface area contributed by atoms with Crippen molar-refractivity contribution in [1.29, 1.82) is 0 Å². The molecule has 11 aromatic carbocycles. The third-order valence-corrected chi connectivity index (χ3v) is 24.0. The van der Waals surface area contributed by atoms with Crippen molar-refractivity contribution < 1.29 is 28.4 Å². The van der Waals surface area contributed by atoms with Gasteiger partial charge in [0.25, 0.3) is 0 Å². The van der Waals surface area contributed by atoms with Crippen LogP contribution in [0.5, 0.6) is 34.5 Å². The number of hydrogen-bond donors (Lipinski definition) is 0. The van der Waals surface area contributed by atoms with Gasteiger partial charge in [0.15, 0.2) is 0 Å². The molecule has 0 amide bonds. The van der Waals surface area contributed by atoms with Crippen LogP contribution in [0.4, 0.5) is 0 Å². The Bertz CT molecular complexity index is 4670. The molecule has 0 radical (unpaired) electrons. The van der Waals surface area contributed by atoms with E-state index >= 15 is 0 Å². The van der Waals surface area contributed by atoms with Gasteiger partial charge < -0.3 is 28.4 Å². The van der Waals surface area contributed by atoms with Crippen LogP contribution in [0.3, 0.4) is 0 Å². The van der Waals surface area contributed by atoms with Crippen molar-refractivity contribution in [2.24, 2.45) is 0 Å². The third-order valence-electron chi connectivity index (χ3n) is 22.2. The van der Waals surface area contributed by atoms with Crippen LogP contribution >= 0.6 is 27.7 Å². The Morgan fingerprint density at radius 3 is 0.649 bits per heavy atom. The van der Waals surface area contributed by atoms with Crippen molar-refractivity contribution in [2.75, 3.05) is 0 Å². The molecule has 12 bridgehead atoms. The Kier molecular flexibility index (Phi) is 24.3. The van der Waals surface area contributed by atoms with Crippen LogP contribution in [-0.2, 0) is 111 Å². The molecule has 13 rings (SSSR count). The molecule has 0 spiro atoms. The van der Waals surface area contributed by atoms with Crippen molar-refractivity contribution in [3.05, 3.63) is 344 Å². The molecule has 0 saturated heterocycles. The molecule has 6 nitrogen and oxygen atoms in total. The lowest BCUT2D eigenvalue weighted by molar-refractivity contribution is 0.286. The van der Waals surface area contributed by atoms with Gasteiger partial charge >= 0.3 is 0 Å². The second-order valence-electron chi connectivity index (χ2n) is 39.2. The highest BCUT2D eigenvalue weighted by molar-refractivity contribution is 9.10. The van der Waals surface area contributed by atoms with Gasteiger partial charge in [0, 0.05) is 63.8 Å². The van der Waals surface area contributed by atoms with E-state index in [1.807, 2.05) is 11.8 Å². The van der Waals surface area contributed by atoms with Gasteiger partial charge in [-0.2, -0.15) is 0 Å². The zero-order chi connectivity index (χ0) is 81.5. The summed E-state index contributed by atoms with van der Waals surface area (Å²) in [6.07, 6.45) is 3.02. The fraction of sp³-hybridized carbons (Fsp3) is 0.377. The Labute approximate surface area is 695 Å². The molecule has 594 valence electrons. The smallest absolute Gasteiger partial charge is 0.126 e. The Morgan fingerprint density at radius 2 is 0.456 bits per heavy atom. The molecule has 0 N–H and O–H groups in total. The minimum Gasteiger partial charge on any atom is -0.488 e. The normalized spacial score (nSPS) is 13.7. The summed E-state index contributed by atoms with van der Waals surface area (Å²) in [6.45, 7) is 51.2. The van der Waals surface area contributed by atoms with Gasteiger partial charge in [-0.15, -0.1) is 11.8 Å². The van der Waals surface area contributed by atoms with Crippen LogP contribution in [0.25, 0.3) is 0 Å². The standard InChI is InChI=1S/C106H121BrO6S/c1-100(2,3)86-48-72-42-73-49-87(101(4,5)6)53-77(94(73)109-63-69-36-28-23-29-37-69)45-82-58-91(105(16,17)18)59-83-47-79-55-89(103(10,11)12)51-75(96(79)111-65-71-40-32-25-33-41-71)43-74-50-88(102(7,8)9)54-78(95(74)110-64-70-38-30-24-31-39-70)46-81-57-90(104(13,14)15)56-80(44-76(52-86)93(72)108-62-68-34-26-22-27-35-68)97(81)112-66-84-60-92(107)61-85(67-113-98(82)83)99(84)114-106(19,20)21/h22-41,48-61H,42-47,62-67H2,1-21H3. The van der Waals surface area contributed by atoms with Crippen LogP contribution in [0.1, 0.15) is 279 Å². The quantitative estimate of drug-likeness (QED) is 0.107. The topological polar surface area (TPSA) is 55.4 Å². The maximum atomic E-state index is 8.04. The molecule has 2 aliphatic heterocycles. The van der Waals surface area contributed by atoms with Crippen molar-refractivity contribution >= 4 is 27.7 Å². The highest BCUT2D eigenvalue weighted by Gasteiger charge is 2.34. The van der Waals surface area contributed by atoms with Crippen LogP contribution < -0.4 is 28.4 Å². The van der Waals surface area contributed by atoms with E-state index in [0.29, 0.717) is 65.0 Å². The van der Waals surface area contributed by atoms with Crippen LogP contribution in [0.15, 0.2) is 216 Å². The lowest BCUT2D eigenvalue weighted by Crippen LogP contribution is -2.18. The first-order valence-corrected chi connectivity index (χ1v) is 42.8. The Hall–Kier alpha value is -8.95. The predicted octanol–water partition coefficient (Wildman–Crippen LogP) is 27.8. The molecule has 0 atom stereocenters. The van der Waals surface area contributed by atoms with E-state index in [4.69, 9.17) is 28.4 Å². The summed E-state index contributed by atoms with van der Waals surface area (Å²) in [7, 11) is 0. The second-order valence-corrected chi connectivity index (χ2v) is 42.0. The van der Waals surface area contributed by atoms with Gasteiger partial charge in [0.1, 0.15) is 74.1 Å². The predicted molar refractivity (Wildman–Crippen MR) is 479 cm³/mol. The monoisotopic (exact) mass is 1600 g/mol. The van der Waals surface area contributed by atoms with Crippen molar-refractivity contribution in [3.8, 4) is 34.5 Å². The van der Waals surface area contributed by atoms with Gasteiger partial charge in [-0.05, 0) is 167 Å². The second kappa shape index (κ2) is 33.3. The fourth-order valence-electron chi connectivity index (χ4n) is 15.6. The van der Waals surface area contributed by atoms with Gasteiger partial charge in [-0.3, -0.25) is 0 Å². The minimum atomic E-state index is -0.297. The molecule has 0 aliphatic carbocycles. The van der Waals surface area contributed by atoms with Crippen LogP contribution in [0.2, 0.25) is 0 Å². The molecule has 114 heavy (non-hydrogen) atoms. The van der Waals surface area contributed by atoms with Crippen molar-refractivity contribution in [3.63, 3.8) is 0 Å². The van der Waals surface area contributed by atoms with Gasteiger partial charge in [0.2, 0.25) is 0 Å². The molecule has 0 fully saturated rings. The summed E-state index contributed by atoms with van der Waals surface area (Å²) in [6, 6.07) is 76.6. The highest BCUT2D eigenvalue weighted by atomic mass is 79.9. The average molecular weight is 1600 g/mol. The summed E-state index contributed by atoms with van der Waals surface area (Å²) in [5.74, 6) is 5.15. The van der Waals surface area contributed by atoms with Gasteiger partial charge in [-0.1, -0.05) is 355 Å². The Balaban J connectivity index is 1.23. The van der Waals surface area contributed by atoms with E-state index in [9.17, 15) is 0 Å². The SMILES string of the molecule is CC(C)(C)Sc1c2cc(Br)cc1COc1c3cc(C(C)(C)C)cc1Cc1cc(C(C)(C)C)cc(c1OCc1ccccc1)Cc1cc(C(C)(C)C)cc(c1OCc1ccccc1)Cc1cc(C(C)(C)C)cc(c1OC2)Cc1cc(C(C)(C)C)cc(c1OCc1ccccc1)Cc1cc(C(C)(C)C)cc(c1OCc1ccccc1)C3. The maximum Gasteiger partial charge on any atom is 0.126 e. The van der Waals surface area contributed by atoms with Gasteiger partial charge in [0.05, 0.1) is 0 Å². The van der Waals surface area contributed by atoms with Crippen LogP contribution in [-0.4, -0.2) is 4.75 Å². The number of ether oxygens (including phenoxy) is 6. The Morgan fingerprint density at radius 1 is 0.263 bits per heavy atom. The maximum absolute atomic E-state index is 8.04. The number of thioether (sulfide) groups is 1. The van der Waals surface area contributed by atoms with E-state index in [1.54, 1.807) is 0 Å². The minimum absolute atomic E-state index is 0.218. The van der Waals surface area contributed by atoms with E-state index in [0.717, 1.165) is 144 Å². The molecular weight excluding hydrogens is 1480 g/mol. The zero-order valence-electron chi connectivity index (χ0n) is 71.9. The number of halogens is 1. The first-order chi connectivity index (χ1) is 53.7. The zero-order valence-corrected chi connectivity index (χ0v) is 74.3. The largest absolute Gasteiger partial charge is 0.488 e. The van der Waals surface area contributed by atoms with Crippen LogP contribution in [0, 0.1) is 0 Å². The fourth-order valence-corrected chi connectivity index (χ4v) is 17.3. The summed E-state index contributed by atoms with van der Waals surface area (Å²) in [5.41, 5.74) is 25.1. The molecular formula is C106H121BrO6S. The molecule has 0 saturated carbocycles. The van der Waals surface area contributed by atoms with E-state index in [1.165, 1.54) is 33.4 Å². The first kappa shape index (κ1) is 83.0. The molecule has 2 heterocycles. The van der Waals surface area contributed by atoms with E-state index in [2.05, 4.69) is 368 Å². The molecule has 0 aromatic heterocycles. The number of rotatable bonds is 13. The summed E-state index contributed by atoms with van der Waals surface area (Å²) in [4.78, 5) is 1.13. The summed E-state index contributed by atoms with van der Waals surface area (Å²) < 4.78 is 47.4. The van der Waals surface area contributed by atoms with Crippen molar-refractivity contribution in [1.82, 2.24) is 0 Å². The summed E-state index contributed by atoms with van der Waals surface area (Å²) >= 11 is 6.05. The molecule has 2 aliphatic rings. The average Bonchev–Trinajstić information content (AvgIpc) is 0.763. The van der Waals surface area contributed by atoms with E-state index in [-0.39, 0.29) is 50.5 Å². The lowest BCUT2D eigenvalue weighted by Gasteiger charge is -2.30. The highest BCUT2D eigenvalue weighted by Crippen LogP contribution is 2.49. The first-order valence-electron chi connectivity index (χ1n) is 41.1.